The molecule has 0 unspecified atom stereocenters. The van der Waals surface area contributed by atoms with Gasteiger partial charge in [0.05, 0.1) is 0 Å². The normalized spacial score (nSPS) is 18.4. The topological polar surface area (TPSA) is 41.6 Å². The molecule has 2 N–H and O–H groups in total. The van der Waals surface area contributed by atoms with Crippen molar-refractivity contribution in [2.45, 2.75) is 0 Å². The van der Waals surface area contributed by atoms with Crippen molar-refractivity contribution in [2.24, 2.45) is 10.8 Å². The number of hydrogen-bond donors (Lipinski definition) is 1. The fourth-order valence-corrected chi connectivity index (χ4v) is 1.24. The molecule has 0 saturated heterocycles. The van der Waals surface area contributed by atoms with E-state index in [0.29, 0.717) is 5.84 Å². The number of hydrazone groups is 1. The van der Waals surface area contributed by atoms with Gasteiger partial charge in [-0.3, -0.25) is 0 Å². The third-order valence-electron chi connectivity index (χ3n) is 0.606. The van der Waals surface area contributed by atoms with Crippen LogP contribution >= 0.6 is 11.9 Å². The predicted octanol–water partition coefficient (Wildman–Crippen LogP) is 0.198. The van der Waals surface area contributed by atoms with Crippen LogP contribution in [0.5, 0.6) is 0 Å². The molecule has 1 heterocycles. The van der Waals surface area contributed by atoms with E-state index in [9.17, 15) is 0 Å². The second-order valence-corrected chi connectivity index (χ2v) is 3.20. The Balaban J connectivity index is 2.63. The molecule has 0 aromatic heterocycles. The number of amidine groups is 1. The van der Waals surface area contributed by atoms with E-state index in [1.807, 2.05) is 26.1 Å². The zero-order valence-corrected chi connectivity index (χ0v) is 6.41. The molecule has 3 nitrogen and oxygen atoms in total. The number of hydrogen-bond acceptors (Lipinski definition) is 4. The van der Waals surface area contributed by atoms with Gasteiger partial charge in [0.1, 0.15) is 0 Å². The molecule has 8 heavy (non-hydrogen) atoms. The van der Waals surface area contributed by atoms with Gasteiger partial charge in [-0.15, -0.1) is 0 Å². The van der Waals surface area contributed by atoms with Crippen LogP contribution in [0.25, 0.3) is 0 Å². The summed E-state index contributed by atoms with van der Waals surface area (Å²) >= 11 is 3.36. The van der Waals surface area contributed by atoms with Crippen LogP contribution in [-0.2, 0) is 20.7 Å². The first kappa shape index (κ1) is 6.20. The second-order valence-electron chi connectivity index (χ2n) is 1.21. The van der Waals surface area contributed by atoms with E-state index < -0.39 is 0 Å². The number of nitrogens with two attached hydrogens (primary N) is 1. The molecular formula is C3H4N3STi. The van der Waals surface area contributed by atoms with Crippen LogP contribution in [0.2, 0.25) is 0 Å². The summed E-state index contributed by atoms with van der Waals surface area (Å²) in [5.41, 5.74) is 5.33. The van der Waals surface area contributed by atoms with Crippen LogP contribution < -0.4 is 5.73 Å². The van der Waals surface area contributed by atoms with E-state index >= 15 is 0 Å². The summed E-state index contributed by atoms with van der Waals surface area (Å²) in [6.45, 7) is 0. The van der Waals surface area contributed by atoms with E-state index in [1.54, 1.807) is 8.97 Å². The molecule has 1 aliphatic heterocycles. The molecule has 41 valence electrons. The Labute approximate surface area is 63.8 Å². The molecule has 0 amide bonds. The predicted molar refractivity (Wildman–Crippen MR) is 30.2 cm³/mol. The van der Waals surface area contributed by atoms with Crippen LogP contribution in [0.15, 0.2) is 16.6 Å². The van der Waals surface area contributed by atoms with Crippen LogP contribution in [-0.4, -0.2) is 8.73 Å². The van der Waals surface area contributed by atoms with Gasteiger partial charge in [-0.25, -0.2) is 0 Å². The third-order valence-corrected chi connectivity index (χ3v) is 1.79. The van der Waals surface area contributed by atoms with Gasteiger partial charge in [0.2, 0.25) is 0 Å². The van der Waals surface area contributed by atoms with Crippen LogP contribution in [0.3, 0.4) is 0 Å². The fourth-order valence-electron chi connectivity index (χ4n) is 0.320. The zero-order chi connectivity index (χ0) is 5.98. The van der Waals surface area contributed by atoms with Gasteiger partial charge in [0, 0.05) is 0 Å². The van der Waals surface area contributed by atoms with E-state index in [-0.39, 0.29) is 0 Å². The average molecular weight is 162 g/mol. The second kappa shape index (κ2) is 2.57. The average Bonchev–Trinajstić information content (AvgIpc) is 1.64. The van der Waals surface area contributed by atoms with Gasteiger partial charge >= 0.3 is 63.7 Å². The fraction of sp³-hybridized carbons (Fsp3) is 0. The molecule has 0 saturated carbocycles. The monoisotopic (exact) mass is 162 g/mol. The van der Waals surface area contributed by atoms with Crippen molar-refractivity contribution in [2.75, 3.05) is 0 Å². The van der Waals surface area contributed by atoms with E-state index in [4.69, 9.17) is 5.73 Å². The van der Waals surface area contributed by atoms with Crippen molar-refractivity contribution in [1.29, 1.82) is 0 Å². The summed E-state index contributed by atoms with van der Waals surface area (Å²) < 4.78 is 1.70. The standard InChI is InChI=1S/C3H4N3S.Ti/c4-3-1-2-7-6-5-3;/h1-2H,(H2,4,5);/q-1;+1. The first-order valence-corrected chi connectivity index (χ1v) is 3.51. The molecule has 0 bridgehead atoms. The van der Waals surface area contributed by atoms with Gasteiger partial charge in [-0.2, -0.15) is 0 Å². The van der Waals surface area contributed by atoms with Crippen LogP contribution in [0, 0.1) is 0 Å². The summed E-state index contributed by atoms with van der Waals surface area (Å²) in [6, 6.07) is 0. The van der Waals surface area contributed by atoms with E-state index in [2.05, 4.69) is 5.10 Å². The molecule has 0 radical (unpaired) electrons. The number of nitrogens with zero attached hydrogens (tertiary/aromatic N) is 2. The Kier molecular flexibility index (Phi) is 1.99. The van der Waals surface area contributed by atoms with Crippen molar-refractivity contribution in [3.8, 4) is 0 Å². The quantitative estimate of drug-likeness (QED) is 0.408. The van der Waals surface area contributed by atoms with Gasteiger partial charge < -0.3 is 0 Å². The summed E-state index contributed by atoms with van der Waals surface area (Å²) in [5.74, 6) is 0.561. The molecule has 0 aliphatic carbocycles. The maximum atomic E-state index is 5.33. The summed E-state index contributed by atoms with van der Waals surface area (Å²) in [6.07, 6.45) is 1.77. The Hall–Kier alpha value is 0.0743. The van der Waals surface area contributed by atoms with Crippen molar-refractivity contribution in [3.05, 3.63) is 11.5 Å². The minimum absolute atomic E-state index is 0.561. The van der Waals surface area contributed by atoms with Crippen molar-refractivity contribution >= 4 is 17.8 Å². The SMILES string of the molecule is NC1=N[N]([Ti])SC=C1. The van der Waals surface area contributed by atoms with Crippen molar-refractivity contribution < 1.29 is 20.7 Å². The van der Waals surface area contributed by atoms with Crippen LogP contribution in [0.1, 0.15) is 0 Å². The molecule has 1 rings (SSSR count). The Morgan fingerprint density at radius 2 is 2.62 bits per heavy atom. The molecule has 5 heteroatoms. The zero-order valence-electron chi connectivity index (χ0n) is 4.03. The van der Waals surface area contributed by atoms with Gasteiger partial charge in [0.15, 0.2) is 0 Å². The maximum absolute atomic E-state index is 5.33. The van der Waals surface area contributed by atoms with E-state index in [0.717, 1.165) is 0 Å². The Morgan fingerprint density at radius 3 is 3.00 bits per heavy atom. The Bertz CT molecular complexity index is 143. The van der Waals surface area contributed by atoms with Gasteiger partial charge in [-0.05, 0) is 0 Å². The van der Waals surface area contributed by atoms with E-state index in [1.165, 1.54) is 11.9 Å². The third kappa shape index (κ3) is 1.54. The van der Waals surface area contributed by atoms with Crippen molar-refractivity contribution in [3.63, 3.8) is 0 Å². The summed E-state index contributed by atoms with van der Waals surface area (Å²) in [7, 11) is 0. The molecule has 0 fully saturated rings. The Morgan fingerprint density at radius 1 is 1.88 bits per heavy atom. The summed E-state index contributed by atoms with van der Waals surface area (Å²) in [4.78, 5) is 0. The van der Waals surface area contributed by atoms with Crippen molar-refractivity contribution in [1.82, 2.24) is 2.90 Å². The molecule has 0 spiro atoms. The molecule has 0 aromatic rings. The number of rotatable bonds is 0. The van der Waals surface area contributed by atoms with Gasteiger partial charge in [0.25, 0.3) is 0 Å². The molecule has 1 aliphatic rings. The van der Waals surface area contributed by atoms with Gasteiger partial charge in [-0.1, -0.05) is 0 Å². The van der Waals surface area contributed by atoms with Crippen LogP contribution in [0.4, 0.5) is 0 Å². The molecule has 0 atom stereocenters. The minimum atomic E-state index is 0.561. The first-order valence-electron chi connectivity index (χ1n) is 1.98. The first-order chi connectivity index (χ1) is 3.79. The summed E-state index contributed by atoms with van der Waals surface area (Å²) in [5, 5.41) is 5.78. The molecule has 0 aromatic carbocycles. The molecular weight excluding hydrogens is 158 g/mol.